The van der Waals surface area contributed by atoms with Crippen LogP contribution in [0.25, 0.3) is 0 Å². The van der Waals surface area contributed by atoms with Gasteiger partial charge >= 0.3 is 0 Å². The normalized spacial score (nSPS) is 16.8. The monoisotopic (exact) mass is 230 g/mol. The Kier molecular flexibility index (Phi) is 2.95. The Morgan fingerprint density at radius 3 is 2.57 bits per heavy atom. The summed E-state index contributed by atoms with van der Waals surface area (Å²) in [5.41, 5.74) is 2.14. The molecular formula is C9H11ClN2OS. The summed E-state index contributed by atoms with van der Waals surface area (Å²) >= 11 is 7.59. The second kappa shape index (κ2) is 4.04. The Hall–Kier alpha value is -0.320. The van der Waals surface area contributed by atoms with Gasteiger partial charge in [0.05, 0.1) is 18.5 Å². The fourth-order valence-corrected chi connectivity index (χ4v) is 2.35. The van der Waals surface area contributed by atoms with Gasteiger partial charge in [-0.1, -0.05) is 23.4 Å². The van der Waals surface area contributed by atoms with Gasteiger partial charge in [0.1, 0.15) is 5.03 Å². The van der Waals surface area contributed by atoms with Crippen molar-refractivity contribution in [1.29, 1.82) is 0 Å². The van der Waals surface area contributed by atoms with Crippen molar-refractivity contribution < 1.29 is 4.74 Å². The van der Waals surface area contributed by atoms with Crippen molar-refractivity contribution in [2.45, 2.75) is 24.1 Å². The van der Waals surface area contributed by atoms with Gasteiger partial charge in [0.15, 0.2) is 5.15 Å². The zero-order valence-corrected chi connectivity index (χ0v) is 9.65. The molecule has 1 fully saturated rings. The molecule has 0 atom stereocenters. The summed E-state index contributed by atoms with van der Waals surface area (Å²) in [6, 6.07) is 0. The summed E-state index contributed by atoms with van der Waals surface area (Å²) < 4.78 is 5.11. The van der Waals surface area contributed by atoms with Gasteiger partial charge in [0.25, 0.3) is 0 Å². The van der Waals surface area contributed by atoms with Crippen LogP contribution in [-0.4, -0.2) is 28.7 Å². The van der Waals surface area contributed by atoms with Crippen molar-refractivity contribution >= 4 is 23.4 Å². The summed E-state index contributed by atoms with van der Waals surface area (Å²) in [4.78, 5) is 0. The van der Waals surface area contributed by atoms with Crippen LogP contribution in [-0.2, 0) is 4.74 Å². The van der Waals surface area contributed by atoms with E-state index in [0.29, 0.717) is 10.4 Å². The van der Waals surface area contributed by atoms with Crippen LogP contribution in [0.5, 0.6) is 0 Å². The molecule has 0 bridgehead atoms. The number of ether oxygens (including phenoxy) is 1. The van der Waals surface area contributed by atoms with E-state index < -0.39 is 0 Å². The van der Waals surface area contributed by atoms with Gasteiger partial charge in [-0.05, 0) is 25.0 Å². The van der Waals surface area contributed by atoms with Crippen molar-refractivity contribution in [2.75, 3.05) is 13.2 Å². The molecule has 1 aliphatic heterocycles. The highest BCUT2D eigenvalue weighted by Crippen LogP contribution is 2.30. The molecule has 0 amide bonds. The van der Waals surface area contributed by atoms with E-state index in [1.807, 2.05) is 13.8 Å². The van der Waals surface area contributed by atoms with Gasteiger partial charge in [0.2, 0.25) is 0 Å². The highest BCUT2D eigenvalue weighted by Gasteiger charge is 2.22. The lowest BCUT2D eigenvalue weighted by Crippen LogP contribution is -2.30. The van der Waals surface area contributed by atoms with Crippen LogP contribution in [0.1, 0.15) is 11.1 Å². The summed E-state index contributed by atoms with van der Waals surface area (Å²) in [5.74, 6) is 0. The summed E-state index contributed by atoms with van der Waals surface area (Å²) in [6.45, 7) is 5.62. The van der Waals surface area contributed by atoms with Crippen molar-refractivity contribution in [3.05, 3.63) is 16.3 Å². The second-order valence-electron chi connectivity index (χ2n) is 3.32. The highest BCUT2D eigenvalue weighted by atomic mass is 35.5. The molecule has 3 nitrogen and oxygen atoms in total. The molecule has 1 saturated heterocycles. The van der Waals surface area contributed by atoms with E-state index >= 15 is 0 Å². The van der Waals surface area contributed by atoms with Crippen molar-refractivity contribution in [1.82, 2.24) is 10.2 Å². The number of rotatable bonds is 2. The molecule has 0 saturated carbocycles. The molecular weight excluding hydrogens is 220 g/mol. The smallest absolute Gasteiger partial charge is 0.154 e. The Morgan fingerprint density at radius 2 is 2.00 bits per heavy atom. The quantitative estimate of drug-likeness (QED) is 0.781. The van der Waals surface area contributed by atoms with Crippen LogP contribution in [0.2, 0.25) is 5.15 Å². The van der Waals surface area contributed by atoms with Crippen molar-refractivity contribution in [3.63, 3.8) is 0 Å². The molecule has 1 aromatic heterocycles. The molecule has 0 spiro atoms. The first-order valence-corrected chi connectivity index (χ1v) is 5.68. The third kappa shape index (κ3) is 1.87. The molecule has 2 rings (SSSR count). The van der Waals surface area contributed by atoms with E-state index in [0.717, 1.165) is 29.4 Å². The lowest BCUT2D eigenvalue weighted by Gasteiger charge is -2.25. The standard InChI is InChI=1S/C9H11ClN2OS/c1-5-6(2)9(12-11-8(5)10)14-7-3-13-4-7/h7H,3-4H2,1-2H3. The molecule has 0 N–H and O–H groups in total. The largest absolute Gasteiger partial charge is 0.379 e. The third-order valence-corrected chi connectivity index (χ3v) is 3.88. The lowest BCUT2D eigenvalue weighted by molar-refractivity contribution is 0.0454. The van der Waals surface area contributed by atoms with E-state index in [-0.39, 0.29) is 0 Å². The molecule has 76 valence electrons. The van der Waals surface area contributed by atoms with Gasteiger partial charge < -0.3 is 4.74 Å². The third-order valence-electron chi connectivity index (χ3n) is 2.31. The molecule has 0 aliphatic carbocycles. The molecule has 2 heterocycles. The molecule has 0 radical (unpaired) electrons. The molecule has 1 aromatic rings. The van der Waals surface area contributed by atoms with Crippen molar-refractivity contribution in [3.8, 4) is 0 Å². The van der Waals surface area contributed by atoms with E-state index in [9.17, 15) is 0 Å². The lowest BCUT2D eigenvalue weighted by atomic mass is 10.2. The topological polar surface area (TPSA) is 35.0 Å². The van der Waals surface area contributed by atoms with E-state index in [2.05, 4.69) is 10.2 Å². The van der Waals surface area contributed by atoms with E-state index in [1.54, 1.807) is 11.8 Å². The van der Waals surface area contributed by atoms with Gasteiger partial charge in [0, 0.05) is 0 Å². The molecule has 5 heteroatoms. The van der Waals surface area contributed by atoms with Crippen LogP contribution >= 0.6 is 23.4 Å². The number of halogens is 1. The maximum absolute atomic E-state index is 5.86. The Balaban J connectivity index is 2.20. The maximum atomic E-state index is 5.86. The number of nitrogens with zero attached hydrogens (tertiary/aromatic N) is 2. The predicted octanol–water partition coefficient (Wildman–Crippen LogP) is 2.24. The first-order chi connectivity index (χ1) is 6.68. The van der Waals surface area contributed by atoms with E-state index in [4.69, 9.17) is 16.3 Å². The summed E-state index contributed by atoms with van der Waals surface area (Å²) in [6.07, 6.45) is 0. The minimum Gasteiger partial charge on any atom is -0.379 e. The maximum Gasteiger partial charge on any atom is 0.154 e. The molecule has 1 aliphatic rings. The van der Waals surface area contributed by atoms with E-state index in [1.165, 1.54) is 0 Å². The average molecular weight is 231 g/mol. The minimum atomic E-state index is 0.497. The predicted molar refractivity (Wildman–Crippen MR) is 57.0 cm³/mol. The highest BCUT2D eigenvalue weighted by molar-refractivity contribution is 8.00. The number of hydrogen-bond acceptors (Lipinski definition) is 4. The van der Waals surface area contributed by atoms with Crippen LogP contribution in [0.3, 0.4) is 0 Å². The number of hydrogen-bond donors (Lipinski definition) is 0. The van der Waals surface area contributed by atoms with Crippen molar-refractivity contribution in [2.24, 2.45) is 0 Å². The number of aromatic nitrogens is 2. The molecule has 14 heavy (non-hydrogen) atoms. The zero-order valence-electron chi connectivity index (χ0n) is 8.08. The number of thioether (sulfide) groups is 1. The summed E-state index contributed by atoms with van der Waals surface area (Å²) in [7, 11) is 0. The minimum absolute atomic E-state index is 0.497. The molecule has 0 aromatic carbocycles. The van der Waals surface area contributed by atoms with Gasteiger partial charge in [-0.25, -0.2) is 0 Å². The summed E-state index contributed by atoms with van der Waals surface area (Å²) in [5, 5.41) is 9.99. The Labute approximate surface area is 92.2 Å². The SMILES string of the molecule is Cc1c(Cl)nnc(SC2COC2)c1C. The first kappa shape index (κ1) is 10.2. The molecule has 0 unspecified atom stereocenters. The Morgan fingerprint density at radius 1 is 1.29 bits per heavy atom. The van der Waals surface area contributed by atoms with Gasteiger partial charge in [-0.2, -0.15) is 0 Å². The second-order valence-corrected chi connectivity index (χ2v) is 4.97. The fraction of sp³-hybridized carbons (Fsp3) is 0.556. The van der Waals surface area contributed by atoms with Gasteiger partial charge in [-0.3, -0.25) is 0 Å². The van der Waals surface area contributed by atoms with Crippen LogP contribution < -0.4 is 0 Å². The first-order valence-electron chi connectivity index (χ1n) is 4.42. The van der Waals surface area contributed by atoms with Crippen LogP contribution in [0.15, 0.2) is 5.03 Å². The van der Waals surface area contributed by atoms with Crippen LogP contribution in [0.4, 0.5) is 0 Å². The zero-order chi connectivity index (χ0) is 10.1. The Bertz CT molecular complexity index is 355. The average Bonchev–Trinajstić information content (AvgIpc) is 2.10. The fourth-order valence-electron chi connectivity index (χ4n) is 1.11. The van der Waals surface area contributed by atoms with Gasteiger partial charge in [-0.15, -0.1) is 10.2 Å². The van der Waals surface area contributed by atoms with Crippen LogP contribution in [0, 0.1) is 13.8 Å².